The molecule has 18 heavy (non-hydrogen) atoms. The van der Waals surface area contributed by atoms with E-state index in [1.807, 2.05) is 0 Å². The Labute approximate surface area is 117 Å². The molecule has 2 unspecified atom stereocenters. The zero-order valence-corrected chi connectivity index (χ0v) is 12.0. The lowest BCUT2D eigenvalue weighted by molar-refractivity contribution is 0.120. The van der Waals surface area contributed by atoms with E-state index < -0.39 is 15.9 Å². The quantitative estimate of drug-likeness (QED) is 0.932. The van der Waals surface area contributed by atoms with Crippen LogP contribution in [0.3, 0.4) is 0 Å². The number of aliphatic hydroxyl groups is 1. The number of halogens is 2. The molecule has 1 aliphatic rings. The first kappa shape index (κ1) is 14.1. The predicted molar refractivity (Wildman–Crippen MR) is 72.9 cm³/mol. The summed E-state index contributed by atoms with van der Waals surface area (Å²) in [5.74, 6) is -0.0105. The average Bonchev–Trinajstić information content (AvgIpc) is 2.64. The maximum absolute atomic E-state index is 11.4. The van der Waals surface area contributed by atoms with Crippen LogP contribution in [0.1, 0.15) is 12.0 Å². The minimum atomic E-state index is -2.98. The third kappa shape index (κ3) is 3.18. The summed E-state index contributed by atoms with van der Waals surface area (Å²) in [4.78, 5) is 0. The van der Waals surface area contributed by atoms with Crippen LogP contribution in [0.15, 0.2) is 18.2 Å². The first-order valence-corrected chi connectivity index (χ1v) is 8.28. The van der Waals surface area contributed by atoms with E-state index in [-0.39, 0.29) is 17.4 Å². The largest absolute Gasteiger partial charge is 0.392 e. The van der Waals surface area contributed by atoms with Crippen molar-refractivity contribution in [2.75, 3.05) is 11.5 Å². The summed E-state index contributed by atoms with van der Waals surface area (Å²) in [6, 6.07) is 5.16. The molecule has 0 aliphatic carbocycles. The van der Waals surface area contributed by atoms with Crippen LogP contribution in [0.2, 0.25) is 10.0 Å². The highest BCUT2D eigenvalue weighted by molar-refractivity contribution is 7.91. The normalized spacial score (nSPS) is 24.1. The number of aliphatic hydroxyl groups excluding tert-OH is 1. The van der Waals surface area contributed by atoms with Crippen LogP contribution >= 0.6 is 23.2 Å². The van der Waals surface area contributed by atoms with Crippen LogP contribution in [0.4, 0.5) is 0 Å². The van der Waals surface area contributed by atoms with Gasteiger partial charge in [-0.15, -0.1) is 0 Å². The van der Waals surface area contributed by atoms with Gasteiger partial charge in [0, 0.05) is 22.4 Å². The lowest BCUT2D eigenvalue weighted by atomic mass is 9.95. The van der Waals surface area contributed by atoms with Crippen LogP contribution < -0.4 is 0 Å². The van der Waals surface area contributed by atoms with E-state index in [0.29, 0.717) is 28.5 Å². The van der Waals surface area contributed by atoms with Gasteiger partial charge >= 0.3 is 0 Å². The molecule has 0 amide bonds. The van der Waals surface area contributed by atoms with E-state index in [1.165, 1.54) is 0 Å². The average molecular weight is 309 g/mol. The van der Waals surface area contributed by atoms with Crippen molar-refractivity contribution in [1.82, 2.24) is 0 Å². The molecular formula is C12H14Cl2O3S. The van der Waals surface area contributed by atoms with Crippen molar-refractivity contribution >= 4 is 33.0 Å². The fourth-order valence-corrected chi connectivity index (χ4v) is 4.65. The Balaban J connectivity index is 2.10. The zero-order valence-electron chi connectivity index (χ0n) is 9.64. The SMILES string of the molecule is O=S1(=O)CCC(C(O)Cc2c(Cl)cccc2Cl)C1. The number of benzene rings is 1. The molecule has 1 aromatic rings. The van der Waals surface area contributed by atoms with Crippen molar-refractivity contribution < 1.29 is 13.5 Å². The third-order valence-electron chi connectivity index (χ3n) is 3.29. The van der Waals surface area contributed by atoms with Gasteiger partial charge in [0.05, 0.1) is 17.6 Å². The molecule has 2 atom stereocenters. The molecule has 0 bridgehead atoms. The van der Waals surface area contributed by atoms with E-state index >= 15 is 0 Å². The Bertz CT molecular complexity index is 522. The van der Waals surface area contributed by atoms with E-state index in [9.17, 15) is 13.5 Å². The fraction of sp³-hybridized carbons (Fsp3) is 0.500. The van der Waals surface area contributed by atoms with E-state index in [2.05, 4.69) is 0 Å². The summed E-state index contributed by atoms with van der Waals surface area (Å²) in [7, 11) is -2.98. The lowest BCUT2D eigenvalue weighted by Gasteiger charge is -2.18. The standard InChI is InChI=1S/C12H14Cl2O3S/c13-10-2-1-3-11(14)9(10)6-12(15)8-4-5-18(16,17)7-8/h1-3,8,12,15H,4-7H2. The van der Waals surface area contributed by atoms with Gasteiger partial charge in [0.25, 0.3) is 0 Å². The number of sulfone groups is 1. The maximum Gasteiger partial charge on any atom is 0.150 e. The van der Waals surface area contributed by atoms with Crippen molar-refractivity contribution in [3.05, 3.63) is 33.8 Å². The molecule has 0 radical (unpaired) electrons. The molecule has 0 saturated carbocycles. The second-order valence-corrected chi connectivity index (χ2v) is 7.68. The molecule has 1 fully saturated rings. The minimum Gasteiger partial charge on any atom is -0.392 e. The molecule has 0 aromatic heterocycles. The van der Waals surface area contributed by atoms with E-state index in [0.717, 1.165) is 0 Å². The van der Waals surface area contributed by atoms with Crippen LogP contribution in [0.25, 0.3) is 0 Å². The van der Waals surface area contributed by atoms with Gasteiger partial charge in [-0.2, -0.15) is 0 Å². The van der Waals surface area contributed by atoms with Gasteiger partial charge in [0.15, 0.2) is 9.84 Å². The molecule has 1 heterocycles. The van der Waals surface area contributed by atoms with Crippen molar-refractivity contribution in [3.8, 4) is 0 Å². The lowest BCUT2D eigenvalue weighted by Crippen LogP contribution is -2.24. The molecule has 1 N–H and O–H groups in total. The Kier molecular flexibility index (Phi) is 4.22. The van der Waals surface area contributed by atoms with Crippen LogP contribution in [-0.4, -0.2) is 31.1 Å². The van der Waals surface area contributed by atoms with Crippen LogP contribution in [0, 0.1) is 5.92 Å². The molecule has 2 rings (SSSR count). The first-order valence-electron chi connectivity index (χ1n) is 5.70. The minimum absolute atomic E-state index is 0.0518. The topological polar surface area (TPSA) is 54.4 Å². The van der Waals surface area contributed by atoms with Crippen molar-refractivity contribution in [2.45, 2.75) is 18.9 Å². The zero-order chi connectivity index (χ0) is 13.3. The molecule has 0 spiro atoms. The van der Waals surface area contributed by atoms with E-state index in [4.69, 9.17) is 23.2 Å². The van der Waals surface area contributed by atoms with Gasteiger partial charge in [-0.05, 0) is 24.1 Å². The van der Waals surface area contributed by atoms with Crippen LogP contribution in [0.5, 0.6) is 0 Å². The van der Waals surface area contributed by atoms with Crippen molar-refractivity contribution in [1.29, 1.82) is 0 Å². The van der Waals surface area contributed by atoms with Crippen LogP contribution in [-0.2, 0) is 16.3 Å². The third-order valence-corrected chi connectivity index (χ3v) is 5.79. The molecule has 100 valence electrons. The van der Waals surface area contributed by atoms with Crippen molar-refractivity contribution in [2.24, 2.45) is 5.92 Å². The first-order chi connectivity index (χ1) is 8.39. The second kappa shape index (κ2) is 5.37. The molecular weight excluding hydrogens is 295 g/mol. The Morgan fingerprint density at radius 1 is 1.33 bits per heavy atom. The van der Waals surface area contributed by atoms with Gasteiger partial charge < -0.3 is 5.11 Å². The Morgan fingerprint density at radius 3 is 2.44 bits per heavy atom. The summed E-state index contributed by atoms with van der Waals surface area (Å²) in [6.45, 7) is 0. The molecule has 3 nitrogen and oxygen atoms in total. The fourth-order valence-electron chi connectivity index (χ4n) is 2.23. The van der Waals surface area contributed by atoms with Gasteiger partial charge in [-0.3, -0.25) is 0 Å². The smallest absolute Gasteiger partial charge is 0.150 e. The summed E-state index contributed by atoms with van der Waals surface area (Å²) >= 11 is 12.0. The summed E-state index contributed by atoms with van der Waals surface area (Å²) in [5.41, 5.74) is 0.678. The summed E-state index contributed by atoms with van der Waals surface area (Å²) in [5, 5.41) is 11.1. The maximum atomic E-state index is 11.4. The van der Waals surface area contributed by atoms with Crippen molar-refractivity contribution in [3.63, 3.8) is 0 Å². The highest BCUT2D eigenvalue weighted by atomic mass is 35.5. The Morgan fingerprint density at radius 2 is 1.94 bits per heavy atom. The molecule has 1 aromatic carbocycles. The monoisotopic (exact) mass is 308 g/mol. The van der Waals surface area contributed by atoms with E-state index in [1.54, 1.807) is 18.2 Å². The van der Waals surface area contributed by atoms with Gasteiger partial charge in [-0.1, -0.05) is 29.3 Å². The summed E-state index contributed by atoms with van der Waals surface area (Å²) < 4.78 is 22.7. The highest BCUT2D eigenvalue weighted by Gasteiger charge is 2.33. The number of hydrogen-bond acceptors (Lipinski definition) is 3. The van der Waals surface area contributed by atoms with Gasteiger partial charge in [-0.25, -0.2) is 8.42 Å². The summed E-state index contributed by atoms with van der Waals surface area (Å²) in [6.07, 6.45) is 0.0734. The predicted octanol–water partition coefficient (Wildman–Crippen LogP) is 2.33. The number of rotatable bonds is 3. The number of hydrogen-bond donors (Lipinski definition) is 1. The molecule has 1 saturated heterocycles. The van der Waals surface area contributed by atoms with Gasteiger partial charge in [0.1, 0.15) is 0 Å². The second-order valence-electron chi connectivity index (χ2n) is 4.63. The van der Waals surface area contributed by atoms with Gasteiger partial charge in [0.2, 0.25) is 0 Å². The highest BCUT2D eigenvalue weighted by Crippen LogP contribution is 2.29. The Hall–Kier alpha value is -0.290. The molecule has 6 heteroatoms. The molecule has 1 aliphatic heterocycles.